The summed E-state index contributed by atoms with van der Waals surface area (Å²) in [5.74, 6) is -0.207. The first-order valence-electron chi connectivity index (χ1n) is 5.51. The van der Waals surface area contributed by atoms with E-state index in [4.69, 9.17) is 5.11 Å². The molecule has 0 aromatic heterocycles. The van der Waals surface area contributed by atoms with Crippen LogP contribution in [0, 0.1) is 11.7 Å². The highest BCUT2D eigenvalue weighted by Gasteiger charge is 2.37. The Hall–Kier alpha value is -1.62. The molecule has 0 heterocycles. The number of aliphatic hydroxyl groups excluding tert-OH is 1. The van der Waals surface area contributed by atoms with Crippen molar-refractivity contribution in [3.63, 3.8) is 0 Å². The molecule has 0 bridgehead atoms. The van der Waals surface area contributed by atoms with Crippen molar-refractivity contribution in [3.8, 4) is 0 Å². The number of hydrogen-bond acceptors (Lipinski definition) is 2. The summed E-state index contributed by atoms with van der Waals surface area (Å²) < 4.78 is 12.7. The van der Waals surface area contributed by atoms with E-state index in [1.54, 1.807) is 0 Å². The smallest absolute Gasteiger partial charge is 0.404 e. The second-order valence-corrected chi connectivity index (χ2v) is 4.31. The number of carbonyl (C=O) groups is 1. The third kappa shape index (κ3) is 2.94. The van der Waals surface area contributed by atoms with Gasteiger partial charge in [0.15, 0.2) is 0 Å². The van der Waals surface area contributed by atoms with Crippen LogP contribution in [0.3, 0.4) is 0 Å². The average molecular weight is 239 g/mol. The lowest BCUT2D eigenvalue weighted by atomic mass is 9.99. The largest absolute Gasteiger partial charge is 0.465 e. The number of aliphatic hydroxyl groups is 1. The molecular formula is C12H14FNO3. The third-order valence-electron chi connectivity index (χ3n) is 2.97. The molecular weight excluding hydrogens is 225 g/mol. The van der Waals surface area contributed by atoms with E-state index >= 15 is 0 Å². The lowest BCUT2D eigenvalue weighted by molar-refractivity contribution is 0.111. The molecule has 2 rings (SSSR count). The number of hydrogen-bond donors (Lipinski definition) is 3. The van der Waals surface area contributed by atoms with Crippen LogP contribution < -0.4 is 5.32 Å². The number of carboxylic acid groups (broad SMARTS) is 1. The summed E-state index contributed by atoms with van der Waals surface area (Å²) in [5.41, 5.74) is 0.525. The zero-order valence-electron chi connectivity index (χ0n) is 9.14. The molecule has 2 atom stereocenters. The van der Waals surface area contributed by atoms with Gasteiger partial charge in [0.1, 0.15) is 5.82 Å². The van der Waals surface area contributed by atoms with Crippen LogP contribution in [-0.4, -0.2) is 22.3 Å². The summed E-state index contributed by atoms with van der Waals surface area (Å²) in [6.45, 7) is 0. The number of halogens is 1. The molecule has 1 fully saturated rings. The third-order valence-corrected chi connectivity index (χ3v) is 2.97. The highest BCUT2D eigenvalue weighted by atomic mass is 19.1. The van der Waals surface area contributed by atoms with Gasteiger partial charge in [0.25, 0.3) is 0 Å². The Morgan fingerprint density at radius 3 is 2.41 bits per heavy atom. The molecule has 0 saturated heterocycles. The summed E-state index contributed by atoms with van der Waals surface area (Å²) in [6.07, 6.45) is -0.269. The molecule has 1 aromatic carbocycles. The predicted molar refractivity (Wildman–Crippen MR) is 59.0 cm³/mol. The lowest BCUT2D eigenvalue weighted by Crippen LogP contribution is -2.40. The van der Waals surface area contributed by atoms with Crippen LogP contribution in [0.4, 0.5) is 9.18 Å². The maximum absolute atomic E-state index is 12.7. The van der Waals surface area contributed by atoms with Crippen molar-refractivity contribution in [1.29, 1.82) is 0 Å². The minimum absolute atomic E-state index is 0.172. The van der Waals surface area contributed by atoms with Crippen LogP contribution in [0.5, 0.6) is 0 Å². The first-order chi connectivity index (χ1) is 8.08. The van der Waals surface area contributed by atoms with Crippen molar-refractivity contribution in [2.24, 2.45) is 5.92 Å². The van der Waals surface area contributed by atoms with Gasteiger partial charge in [-0.25, -0.2) is 9.18 Å². The van der Waals surface area contributed by atoms with Crippen molar-refractivity contribution in [2.45, 2.75) is 25.0 Å². The van der Waals surface area contributed by atoms with E-state index in [1.165, 1.54) is 24.3 Å². The molecule has 0 aliphatic heterocycles. The van der Waals surface area contributed by atoms with Gasteiger partial charge in [0.2, 0.25) is 0 Å². The maximum atomic E-state index is 12.7. The zero-order chi connectivity index (χ0) is 12.4. The molecule has 3 N–H and O–H groups in total. The minimum atomic E-state index is -1.15. The van der Waals surface area contributed by atoms with Crippen molar-refractivity contribution in [3.05, 3.63) is 35.6 Å². The Bertz CT molecular complexity index is 403. The van der Waals surface area contributed by atoms with Crippen LogP contribution in [-0.2, 0) is 0 Å². The normalized spacial score (nSPS) is 18.5. The van der Waals surface area contributed by atoms with Crippen LogP contribution in [0.15, 0.2) is 24.3 Å². The van der Waals surface area contributed by atoms with Gasteiger partial charge in [-0.2, -0.15) is 0 Å². The number of nitrogens with one attached hydrogen (secondary N) is 1. The van der Waals surface area contributed by atoms with Gasteiger partial charge in [-0.1, -0.05) is 12.1 Å². The topological polar surface area (TPSA) is 69.6 Å². The SMILES string of the molecule is O=C(O)NC(C1CC1)C(O)c1ccc(F)cc1. The quantitative estimate of drug-likeness (QED) is 0.751. The summed E-state index contributed by atoms with van der Waals surface area (Å²) in [6, 6.07) is 4.93. The standard InChI is InChI=1S/C12H14FNO3/c13-9-5-3-8(4-6-9)11(15)10(7-1-2-7)14-12(16)17/h3-7,10-11,14-15H,1-2H2,(H,16,17). The monoisotopic (exact) mass is 239 g/mol. The minimum Gasteiger partial charge on any atom is -0.465 e. The molecule has 0 spiro atoms. The highest BCUT2D eigenvalue weighted by Crippen LogP contribution is 2.38. The Balaban J connectivity index is 2.12. The van der Waals surface area contributed by atoms with Gasteiger partial charge in [-0.15, -0.1) is 0 Å². The average Bonchev–Trinajstić information content (AvgIpc) is 3.09. The van der Waals surface area contributed by atoms with Crippen molar-refractivity contribution in [2.75, 3.05) is 0 Å². The summed E-state index contributed by atoms with van der Waals surface area (Å²) in [7, 11) is 0. The van der Waals surface area contributed by atoms with E-state index in [0.717, 1.165) is 12.8 Å². The van der Waals surface area contributed by atoms with Crippen molar-refractivity contribution in [1.82, 2.24) is 5.32 Å². The fraction of sp³-hybridized carbons (Fsp3) is 0.417. The van der Waals surface area contributed by atoms with Crippen molar-refractivity contribution < 1.29 is 19.4 Å². The fourth-order valence-corrected chi connectivity index (χ4v) is 1.92. The van der Waals surface area contributed by atoms with E-state index in [1.807, 2.05) is 0 Å². The van der Waals surface area contributed by atoms with E-state index in [2.05, 4.69) is 5.32 Å². The van der Waals surface area contributed by atoms with Crippen molar-refractivity contribution >= 4 is 6.09 Å². The van der Waals surface area contributed by atoms with E-state index in [0.29, 0.717) is 5.56 Å². The molecule has 0 radical (unpaired) electrons. The summed E-state index contributed by atoms with van der Waals surface area (Å²) in [4.78, 5) is 10.6. The highest BCUT2D eigenvalue weighted by molar-refractivity contribution is 5.65. The fourth-order valence-electron chi connectivity index (χ4n) is 1.92. The number of rotatable bonds is 4. The molecule has 2 unspecified atom stereocenters. The van der Waals surface area contributed by atoms with Crippen LogP contribution in [0.2, 0.25) is 0 Å². The molecule has 1 aliphatic carbocycles. The first-order valence-corrected chi connectivity index (χ1v) is 5.51. The van der Waals surface area contributed by atoms with E-state index in [-0.39, 0.29) is 11.7 Å². The van der Waals surface area contributed by atoms with Crippen LogP contribution in [0.25, 0.3) is 0 Å². The molecule has 4 nitrogen and oxygen atoms in total. The molecule has 5 heteroatoms. The molecule has 1 amide bonds. The second-order valence-electron chi connectivity index (χ2n) is 4.31. The van der Waals surface area contributed by atoms with Gasteiger partial charge >= 0.3 is 6.09 Å². The Morgan fingerprint density at radius 1 is 1.35 bits per heavy atom. The molecule has 1 aliphatic rings. The summed E-state index contributed by atoms with van der Waals surface area (Å²) >= 11 is 0. The zero-order valence-corrected chi connectivity index (χ0v) is 9.14. The number of benzene rings is 1. The lowest BCUT2D eigenvalue weighted by Gasteiger charge is -2.22. The Labute approximate surface area is 98.1 Å². The Kier molecular flexibility index (Phi) is 3.28. The molecule has 92 valence electrons. The first kappa shape index (κ1) is 11.9. The van der Waals surface area contributed by atoms with E-state index < -0.39 is 18.2 Å². The maximum Gasteiger partial charge on any atom is 0.404 e. The molecule has 1 saturated carbocycles. The molecule has 17 heavy (non-hydrogen) atoms. The van der Waals surface area contributed by atoms with Gasteiger partial charge in [-0.05, 0) is 36.5 Å². The van der Waals surface area contributed by atoms with Gasteiger partial charge in [0, 0.05) is 0 Å². The van der Waals surface area contributed by atoms with Gasteiger partial charge < -0.3 is 15.5 Å². The van der Waals surface area contributed by atoms with Crippen LogP contribution >= 0.6 is 0 Å². The van der Waals surface area contributed by atoms with Gasteiger partial charge in [0.05, 0.1) is 12.1 Å². The van der Waals surface area contributed by atoms with Crippen LogP contribution in [0.1, 0.15) is 24.5 Å². The molecule has 1 aromatic rings. The summed E-state index contributed by atoms with van der Waals surface area (Å²) in [5, 5.41) is 21.1. The second kappa shape index (κ2) is 4.71. The van der Waals surface area contributed by atoms with E-state index in [9.17, 15) is 14.3 Å². The Morgan fingerprint density at radius 2 is 1.94 bits per heavy atom. The number of amides is 1. The predicted octanol–water partition coefficient (Wildman–Crippen LogP) is 1.91. The van der Waals surface area contributed by atoms with Gasteiger partial charge in [-0.3, -0.25) is 0 Å².